The quantitative estimate of drug-likeness (QED) is 0.673. The topological polar surface area (TPSA) is 57.6 Å². The van der Waals surface area contributed by atoms with Gasteiger partial charge in [0.1, 0.15) is 16.2 Å². The van der Waals surface area contributed by atoms with Crippen LogP contribution in [0.3, 0.4) is 0 Å². The number of amides is 1. The van der Waals surface area contributed by atoms with Gasteiger partial charge in [-0.2, -0.15) is 0 Å². The second-order valence-electron chi connectivity index (χ2n) is 4.20. The van der Waals surface area contributed by atoms with Crippen molar-refractivity contribution in [2.45, 2.75) is 13.0 Å². The molecular weight excluding hydrogens is 337 g/mol. The van der Waals surface area contributed by atoms with Gasteiger partial charge in [-0.3, -0.25) is 9.69 Å². The van der Waals surface area contributed by atoms with Crippen LogP contribution >= 0.6 is 35.6 Å². The minimum absolute atomic E-state index is 0.0719. The van der Waals surface area contributed by atoms with Crippen LogP contribution < -0.4 is 0 Å². The van der Waals surface area contributed by atoms with Crippen molar-refractivity contribution in [3.05, 3.63) is 39.5 Å². The molecule has 1 heterocycles. The zero-order valence-electron chi connectivity index (χ0n) is 10.7. The first-order valence-electron chi connectivity index (χ1n) is 5.76. The Morgan fingerprint density at radius 1 is 1.57 bits per heavy atom. The third kappa shape index (κ3) is 3.09. The largest absolute Gasteiger partial charge is 0.480 e. The van der Waals surface area contributed by atoms with Crippen molar-refractivity contribution in [2.75, 3.05) is 0 Å². The summed E-state index contributed by atoms with van der Waals surface area (Å²) in [4.78, 5) is 24.3. The standard InChI is InChI=1S/C13H9ClFNO3S2/c1-6(12(18)19)16-11(17)10(21-13(16)20)5-7-8(14)3-2-4-9(7)15/h2-6H,1H3,(H,18,19)/t6-/m0/s1. The SMILES string of the molecule is C[C@@H](C(=O)O)N1C(=O)C(=Cc2c(F)cccc2Cl)SC1=S. The molecule has 1 atom stereocenters. The molecule has 1 fully saturated rings. The van der Waals surface area contributed by atoms with E-state index < -0.39 is 23.7 Å². The fourth-order valence-corrected chi connectivity index (χ4v) is 3.32. The van der Waals surface area contributed by atoms with Crippen molar-refractivity contribution in [3.63, 3.8) is 0 Å². The lowest BCUT2D eigenvalue weighted by molar-refractivity contribution is -0.144. The summed E-state index contributed by atoms with van der Waals surface area (Å²) in [7, 11) is 0. The van der Waals surface area contributed by atoms with Gasteiger partial charge in [-0.1, -0.05) is 41.6 Å². The van der Waals surface area contributed by atoms with E-state index in [-0.39, 0.29) is 19.8 Å². The second-order valence-corrected chi connectivity index (χ2v) is 6.28. The number of nitrogens with zero attached hydrogens (tertiary/aromatic N) is 1. The van der Waals surface area contributed by atoms with E-state index in [1.165, 1.54) is 31.2 Å². The van der Waals surface area contributed by atoms with Gasteiger partial charge in [0, 0.05) is 5.56 Å². The van der Waals surface area contributed by atoms with Gasteiger partial charge in [-0.25, -0.2) is 9.18 Å². The molecule has 2 rings (SSSR count). The molecule has 21 heavy (non-hydrogen) atoms. The Kier molecular flexibility index (Phi) is 4.65. The Balaban J connectivity index is 2.39. The number of rotatable bonds is 3. The van der Waals surface area contributed by atoms with Crippen molar-refractivity contribution in [1.82, 2.24) is 4.90 Å². The Morgan fingerprint density at radius 2 is 2.24 bits per heavy atom. The minimum Gasteiger partial charge on any atom is -0.480 e. The summed E-state index contributed by atoms with van der Waals surface area (Å²) in [5.74, 6) is -2.31. The molecule has 0 spiro atoms. The summed E-state index contributed by atoms with van der Waals surface area (Å²) in [6, 6.07) is 3.08. The molecule has 0 radical (unpaired) electrons. The van der Waals surface area contributed by atoms with Crippen LogP contribution in [-0.2, 0) is 9.59 Å². The molecule has 8 heteroatoms. The van der Waals surface area contributed by atoms with Gasteiger partial charge in [0.15, 0.2) is 0 Å². The van der Waals surface area contributed by atoms with Gasteiger partial charge >= 0.3 is 5.97 Å². The number of aliphatic carboxylic acids is 1. The van der Waals surface area contributed by atoms with Crippen LogP contribution in [0.4, 0.5) is 4.39 Å². The fraction of sp³-hybridized carbons (Fsp3) is 0.154. The second kappa shape index (κ2) is 6.13. The Hall–Kier alpha value is -1.44. The number of benzene rings is 1. The first kappa shape index (κ1) is 15.9. The van der Waals surface area contributed by atoms with E-state index in [1.807, 2.05) is 0 Å². The van der Waals surface area contributed by atoms with Gasteiger partial charge in [0.25, 0.3) is 5.91 Å². The van der Waals surface area contributed by atoms with Gasteiger partial charge in [0.2, 0.25) is 0 Å². The predicted molar refractivity (Wildman–Crippen MR) is 83.5 cm³/mol. The number of carbonyl (C=O) groups excluding carboxylic acids is 1. The van der Waals surface area contributed by atoms with Gasteiger partial charge in [-0.05, 0) is 25.1 Å². The summed E-state index contributed by atoms with van der Waals surface area (Å²) in [5.41, 5.74) is 0.0719. The zero-order valence-corrected chi connectivity index (χ0v) is 13.1. The molecule has 1 N–H and O–H groups in total. The molecule has 4 nitrogen and oxygen atoms in total. The summed E-state index contributed by atoms with van der Waals surface area (Å²) in [6.07, 6.45) is 1.28. The number of thiocarbonyl (C=S) groups is 1. The van der Waals surface area contributed by atoms with Crippen LogP contribution in [-0.4, -0.2) is 32.2 Å². The van der Waals surface area contributed by atoms with E-state index >= 15 is 0 Å². The Morgan fingerprint density at radius 3 is 2.81 bits per heavy atom. The lowest BCUT2D eigenvalue weighted by Gasteiger charge is -2.18. The molecule has 0 aromatic heterocycles. The number of thioether (sulfide) groups is 1. The average molecular weight is 346 g/mol. The smallest absolute Gasteiger partial charge is 0.326 e. The van der Waals surface area contributed by atoms with E-state index in [0.717, 1.165) is 16.7 Å². The zero-order chi connectivity index (χ0) is 15.7. The number of carboxylic acids is 1. The molecule has 1 aromatic rings. The number of hydrogen-bond donors (Lipinski definition) is 1. The molecule has 0 bridgehead atoms. The summed E-state index contributed by atoms with van der Waals surface area (Å²) >= 11 is 11.8. The van der Waals surface area contributed by atoms with E-state index in [0.29, 0.717) is 0 Å². The highest BCUT2D eigenvalue weighted by atomic mass is 35.5. The van der Waals surface area contributed by atoms with Crippen molar-refractivity contribution in [3.8, 4) is 0 Å². The van der Waals surface area contributed by atoms with E-state index in [1.54, 1.807) is 0 Å². The maximum absolute atomic E-state index is 13.7. The van der Waals surface area contributed by atoms with Crippen molar-refractivity contribution in [1.29, 1.82) is 0 Å². The van der Waals surface area contributed by atoms with Crippen molar-refractivity contribution >= 4 is 57.9 Å². The molecule has 0 unspecified atom stereocenters. The molecule has 1 aliphatic heterocycles. The van der Waals surface area contributed by atoms with Crippen LogP contribution in [0.1, 0.15) is 12.5 Å². The third-order valence-electron chi connectivity index (χ3n) is 2.84. The number of carboxylic acid groups (broad SMARTS) is 1. The molecule has 0 saturated carbocycles. The molecule has 1 aliphatic rings. The minimum atomic E-state index is -1.17. The lowest BCUT2D eigenvalue weighted by atomic mass is 10.2. The van der Waals surface area contributed by atoms with Crippen LogP contribution in [0.25, 0.3) is 6.08 Å². The first-order chi connectivity index (χ1) is 9.82. The maximum Gasteiger partial charge on any atom is 0.326 e. The Labute approximate surface area is 134 Å². The van der Waals surface area contributed by atoms with Gasteiger partial charge in [0.05, 0.1) is 9.93 Å². The summed E-state index contributed by atoms with van der Waals surface area (Å²) in [5, 5.41) is 9.14. The van der Waals surface area contributed by atoms with Gasteiger partial charge in [-0.15, -0.1) is 0 Å². The highest BCUT2D eigenvalue weighted by Gasteiger charge is 2.38. The van der Waals surface area contributed by atoms with Gasteiger partial charge < -0.3 is 5.11 Å². The van der Waals surface area contributed by atoms with Crippen LogP contribution in [0.2, 0.25) is 5.02 Å². The molecule has 1 aromatic carbocycles. The monoisotopic (exact) mass is 345 g/mol. The molecule has 1 amide bonds. The van der Waals surface area contributed by atoms with Crippen molar-refractivity contribution in [2.24, 2.45) is 0 Å². The van der Waals surface area contributed by atoms with Crippen molar-refractivity contribution < 1.29 is 19.1 Å². The van der Waals surface area contributed by atoms with Crippen LogP contribution in [0.5, 0.6) is 0 Å². The van der Waals surface area contributed by atoms with Crippen LogP contribution in [0, 0.1) is 5.82 Å². The first-order valence-corrected chi connectivity index (χ1v) is 7.37. The maximum atomic E-state index is 13.7. The molecule has 0 aliphatic carbocycles. The molecular formula is C13H9ClFNO3S2. The number of carbonyl (C=O) groups is 2. The average Bonchev–Trinajstić information content (AvgIpc) is 2.68. The van der Waals surface area contributed by atoms with Crippen LogP contribution in [0.15, 0.2) is 23.1 Å². The fourth-order valence-electron chi connectivity index (χ4n) is 1.70. The number of hydrogen-bond acceptors (Lipinski definition) is 4. The number of halogens is 2. The Bertz CT molecular complexity index is 657. The summed E-state index contributed by atoms with van der Waals surface area (Å²) < 4.78 is 13.8. The third-order valence-corrected chi connectivity index (χ3v) is 4.50. The van der Waals surface area contributed by atoms with E-state index in [4.69, 9.17) is 28.9 Å². The molecule has 110 valence electrons. The highest BCUT2D eigenvalue weighted by Crippen LogP contribution is 2.35. The molecule has 1 saturated heterocycles. The lowest BCUT2D eigenvalue weighted by Crippen LogP contribution is -2.41. The highest BCUT2D eigenvalue weighted by molar-refractivity contribution is 8.26. The predicted octanol–water partition coefficient (Wildman–Crippen LogP) is 3.15. The van der Waals surface area contributed by atoms with E-state index in [9.17, 15) is 14.0 Å². The summed E-state index contributed by atoms with van der Waals surface area (Å²) in [6.45, 7) is 1.35. The normalized spacial score (nSPS) is 18.4. The van der Waals surface area contributed by atoms with E-state index in [2.05, 4.69) is 0 Å².